The Morgan fingerprint density at radius 1 is 1.17 bits per heavy atom. The van der Waals surface area contributed by atoms with E-state index in [9.17, 15) is 18.0 Å². The summed E-state index contributed by atoms with van der Waals surface area (Å²) in [6, 6.07) is 1.33. The maximum atomic E-state index is 12.8. The van der Waals surface area contributed by atoms with Gasteiger partial charge in [0.25, 0.3) is 15.9 Å². The molecule has 2 aliphatic carbocycles. The monoisotopic (exact) mass is 431 g/mol. The van der Waals surface area contributed by atoms with Gasteiger partial charge in [0.05, 0.1) is 0 Å². The normalized spacial score (nSPS) is 19.6. The van der Waals surface area contributed by atoms with Gasteiger partial charge in [-0.15, -0.1) is 0 Å². The molecule has 30 heavy (non-hydrogen) atoms. The summed E-state index contributed by atoms with van der Waals surface area (Å²) in [5.74, 6) is -0.538. The van der Waals surface area contributed by atoms with Gasteiger partial charge in [-0.1, -0.05) is 6.07 Å². The molecule has 1 fully saturated rings. The van der Waals surface area contributed by atoms with Gasteiger partial charge in [-0.05, 0) is 60.8 Å². The molecule has 0 unspecified atom stereocenters. The molecule has 0 aromatic heterocycles. The van der Waals surface area contributed by atoms with Crippen LogP contribution in [-0.2, 0) is 40.5 Å². The van der Waals surface area contributed by atoms with Crippen LogP contribution >= 0.6 is 0 Å². The van der Waals surface area contributed by atoms with Crippen molar-refractivity contribution in [3.05, 3.63) is 38.9 Å². The predicted molar refractivity (Wildman–Crippen MR) is 113 cm³/mol. The van der Waals surface area contributed by atoms with E-state index in [2.05, 4.69) is 16.7 Å². The Hall–Kier alpha value is -2.88. The van der Waals surface area contributed by atoms with Crippen molar-refractivity contribution in [2.45, 2.75) is 38.5 Å². The van der Waals surface area contributed by atoms with E-state index >= 15 is 0 Å². The van der Waals surface area contributed by atoms with Crippen molar-refractivity contribution in [3.8, 4) is 0 Å². The molecule has 1 aromatic carbocycles. The minimum absolute atomic E-state index is 0.208. The number of nitrogens with zero attached hydrogens (tertiary/aromatic N) is 1. The number of allylic oxidation sites excluding steroid dienone is 1. The zero-order valence-electron chi connectivity index (χ0n) is 16.8. The molecule has 0 radical (unpaired) electrons. The van der Waals surface area contributed by atoms with Gasteiger partial charge in [0, 0.05) is 32.0 Å². The molecular formula is C20H25N5O4S. The number of urea groups is 1. The Balaban J connectivity index is 1.60. The molecule has 1 saturated heterocycles. The Bertz CT molecular complexity index is 1040. The standard InChI is InChI=1S/C20H25N5O4S/c1-25-9-8-22-18(19(25)26)16(11-21)30(28,29)24-20(27)23-17-14-6-2-4-12(14)10-13-5-3-7-15(13)17/h10-11,21-22H,2-9H2,1H3,(H2,23,24,27)/b18-16+,21-11?. The van der Waals surface area contributed by atoms with Crippen LogP contribution < -0.4 is 15.4 Å². The van der Waals surface area contributed by atoms with Crippen LogP contribution in [0.2, 0.25) is 0 Å². The molecule has 4 N–H and O–H groups in total. The minimum atomic E-state index is -4.41. The SMILES string of the molecule is CN1CCN/C(=C(\C=N)S(=O)(=O)NC(=O)Nc2c3c(cc4c2CCC4)CCC3)C1=O. The van der Waals surface area contributed by atoms with E-state index in [0.717, 1.165) is 55.3 Å². The quantitative estimate of drug-likeness (QED) is 0.418. The van der Waals surface area contributed by atoms with E-state index in [1.165, 1.54) is 16.0 Å². The lowest BCUT2D eigenvalue weighted by Gasteiger charge is -2.27. The number of carbonyl (C=O) groups excluding carboxylic acids is 2. The van der Waals surface area contributed by atoms with Crippen molar-refractivity contribution in [1.29, 1.82) is 5.41 Å². The highest BCUT2D eigenvalue weighted by Gasteiger charge is 2.31. The highest BCUT2D eigenvalue weighted by atomic mass is 32.2. The van der Waals surface area contributed by atoms with Crippen molar-refractivity contribution in [2.24, 2.45) is 0 Å². The molecular weight excluding hydrogens is 406 g/mol. The summed E-state index contributed by atoms with van der Waals surface area (Å²) >= 11 is 0. The van der Waals surface area contributed by atoms with Gasteiger partial charge in [0.2, 0.25) is 0 Å². The number of hydrogen-bond acceptors (Lipinski definition) is 6. The summed E-state index contributed by atoms with van der Waals surface area (Å²) in [7, 11) is -2.86. The van der Waals surface area contributed by atoms with E-state index in [-0.39, 0.29) is 5.70 Å². The van der Waals surface area contributed by atoms with E-state index in [0.29, 0.717) is 19.3 Å². The topological polar surface area (TPSA) is 131 Å². The lowest BCUT2D eigenvalue weighted by atomic mass is 9.99. The first-order valence-corrected chi connectivity index (χ1v) is 11.5. The Morgan fingerprint density at radius 3 is 2.40 bits per heavy atom. The van der Waals surface area contributed by atoms with Crippen LogP contribution in [0.4, 0.5) is 10.5 Å². The predicted octanol–water partition coefficient (Wildman–Crippen LogP) is 1.04. The number of hydrogen-bond donors (Lipinski definition) is 4. The summed E-state index contributed by atoms with van der Waals surface area (Å²) in [4.78, 5) is 25.8. The molecule has 160 valence electrons. The van der Waals surface area contributed by atoms with Crippen molar-refractivity contribution in [2.75, 3.05) is 25.5 Å². The van der Waals surface area contributed by atoms with E-state index in [1.54, 1.807) is 7.05 Å². The fraction of sp³-hybridized carbons (Fsp3) is 0.450. The van der Waals surface area contributed by atoms with E-state index in [4.69, 9.17) is 5.41 Å². The first-order chi connectivity index (χ1) is 14.3. The zero-order chi connectivity index (χ0) is 21.5. The van der Waals surface area contributed by atoms with Crippen molar-refractivity contribution in [3.63, 3.8) is 0 Å². The average molecular weight is 432 g/mol. The van der Waals surface area contributed by atoms with Crippen molar-refractivity contribution < 1.29 is 18.0 Å². The number of rotatable bonds is 4. The van der Waals surface area contributed by atoms with Crippen LogP contribution in [0.5, 0.6) is 0 Å². The smallest absolute Gasteiger partial charge is 0.333 e. The molecule has 1 aliphatic heterocycles. The number of sulfonamides is 1. The lowest BCUT2D eigenvalue weighted by molar-refractivity contribution is -0.127. The molecule has 0 atom stereocenters. The van der Waals surface area contributed by atoms with Gasteiger partial charge in [0.1, 0.15) is 10.6 Å². The molecule has 3 amide bonds. The van der Waals surface area contributed by atoms with Gasteiger partial charge in [0.15, 0.2) is 0 Å². The van der Waals surface area contributed by atoms with E-state index < -0.39 is 26.9 Å². The van der Waals surface area contributed by atoms with Crippen LogP contribution in [0.3, 0.4) is 0 Å². The van der Waals surface area contributed by atoms with Crippen LogP contribution in [0.15, 0.2) is 16.7 Å². The zero-order valence-corrected chi connectivity index (χ0v) is 17.6. The minimum Gasteiger partial charge on any atom is -0.378 e. The highest BCUT2D eigenvalue weighted by molar-refractivity contribution is 7.94. The second-order valence-electron chi connectivity index (χ2n) is 7.83. The third-order valence-corrected chi connectivity index (χ3v) is 7.27. The van der Waals surface area contributed by atoms with Crippen LogP contribution in [0.1, 0.15) is 35.1 Å². The number of nitrogens with one attached hydrogen (secondary N) is 4. The third-order valence-electron chi connectivity index (χ3n) is 5.92. The van der Waals surface area contributed by atoms with Crippen molar-refractivity contribution in [1.82, 2.24) is 14.9 Å². The fourth-order valence-electron chi connectivity index (χ4n) is 4.48. The first kappa shape index (κ1) is 20.4. The number of anilines is 1. The van der Waals surface area contributed by atoms with Gasteiger partial charge >= 0.3 is 6.03 Å². The van der Waals surface area contributed by atoms with Crippen LogP contribution in [-0.4, -0.2) is 51.6 Å². The molecule has 4 rings (SSSR count). The maximum Gasteiger partial charge on any atom is 0.333 e. The summed E-state index contributed by atoms with van der Waals surface area (Å²) in [6.45, 7) is 0.782. The number of piperazine rings is 1. The fourth-order valence-corrected chi connectivity index (χ4v) is 5.46. The highest BCUT2D eigenvalue weighted by Crippen LogP contribution is 2.38. The number of likely N-dealkylation sites (N-methyl/N-ethyl adjacent to an activating group) is 1. The number of carbonyl (C=O) groups is 2. The number of fused-ring (bicyclic) bond motifs is 2. The second-order valence-corrected chi connectivity index (χ2v) is 9.48. The van der Waals surface area contributed by atoms with Gasteiger partial charge in [-0.3, -0.25) is 4.79 Å². The molecule has 3 aliphatic rings. The molecule has 1 aromatic rings. The number of benzene rings is 1. The summed E-state index contributed by atoms with van der Waals surface area (Å²) < 4.78 is 27.6. The molecule has 0 saturated carbocycles. The molecule has 9 nitrogen and oxygen atoms in total. The lowest BCUT2D eigenvalue weighted by Crippen LogP contribution is -2.46. The molecule has 0 bridgehead atoms. The summed E-state index contributed by atoms with van der Waals surface area (Å²) in [5, 5.41) is 13.0. The Kier molecular flexibility index (Phi) is 5.27. The summed E-state index contributed by atoms with van der Waals surface area (Å²) in [6.07, 6.45) is 6.23. The Labute approximate surface area is 175 Å². The molecule has 1 heterocycles. The second kappa shape index (κ2) is 7.75. The Morgan fingerprint density at radius 2 is 1.80 bits per heavy atom. The number of aryl methyl sites for hydroxylation is 2. The number of amides is 3. The van der Waals surface area contributed by atoms with Crippen LogP contribution in [0, 0.1) is 5.41 Å². The average Bonchev–Trinajstić information content (AvgIpc) is 3.34. The molecule has 0 spiro atoms. The van der Waals surface area contributed by atoms with Gasteiger partial charge < -0.3 is 20.9 Å². The van der Waals surface area contributed by atoms with Gasteiger partial charge in [-0.2, -0.15) is 0 Å². The van der Waals surface area contributed by atoms with Gasteiger partial charge in [-0.25, -0.2) is 17.9 Å². The van der Waals surface area contributed by atoms with E-state index in [1.807, 2.05) is 4.72 Å². The maximum absolute atomic E-state index is 12.8. The van der Waals surface area contributed by atoms with Crippen LogP contribution in [0.25, 0.3) is 0 Å². The van der Waals surface area contributed by atoms with Crippen molar-refractivity contribution >= 4 is 33.9 Å². The third kappa shape index (κ3) is 3.55. The first-order valence-electron chi connectivity index (χ1n) is 10.1. The largest absolute Gasteiger partial charge is 0.378 e. The summed E-state index contributed by atoms with van der Waals surface area (Å²) in [5.41, 5.74) is 5.12. The molecule has 10 heteroatoms.